The Hall–Kier alpha value is -3.64. The summed E-state index contributed by atoms with van der Waals surface area (Å²) in [6.07, 6.45) is 0.00811. The van der Waals surface area contributed by atoms with Gasteiger partial charge in [0, 0.05) is 5.02 Å². The summed E-state index contributed by atoms with van der Waals surface area (Å²) in [7, 11) is 1.56. The van der Waals surface area contributed by atoms with Gasteiger partial charge in [-0.15, -0.1) is 0 Å². The van der Waals surface area contributed by atoms with Gasteiger partial charge in [0.05, 0.1) is 30.3 Å². The molecule has 1 aliphatic rings. The molecule has 7 heteroatoms. The number of nitrogens with zero attached hydrogens (tertiary/aromatic N) is 1. The number of amides is 2. The van der Waals surface area contributed by atoms with Crippen LogP contribution in [-0.2, 0) is 11.2 Å². The highest BCUT2D eigenvalue weighted by Crippen LogP contribution is 2.37. The van der Waals surface area contributed by atoms with E-state index in [4.69, 9.17) is 21.1 Å². The van der Waals surface area contributed by atoms with Crippen molar-refractivity contribution in [1.82, 2.24) is 0 Å². The maximum Gasteiger partial charge on any atom is 0.315 e. The maximum atomic E-state index is 12.8. The van der Waals surface area contributed by atoms with Crippen LogP contribution in [0.5, 0.6) is 11.5 Å². The van der Waals surface area contributed by atoms with E-state index < -0.39 is 17.8 Å². The number of carbonyl (C=O) groups excluding carboxylic acids is 3. The fraction of sp³-hybridized carbons (Fsp3) is 0.0870. The second-order valence-electron chi connectivity index (χ2n) is 6.60. The fourth-order valence-corrected chi connectivity index (χ4v) is 3.39. The number of methoxy groups -OCH3 is 1. The number of hydrogen-bond acceptors (Lipinski definition) is 5. The van der Waals surface area contributed by atoms with Gasteiger partial charge < -0.3 is 9.47 Å². The summed E-state index contributed by atoms with van der Waals surface area (Å²) >= 11 is 6.10. The Labute approximate surface area is 177 Å². The lowest BCUT2D eigenvalue weighted by Crippen LogP contribution is -2.30. The van der Waals surface area contributed by atoms with Crippen molar-refractivity contribution in [3.63, 3.8) is 0 Å². The molecule has 1 aliphatic heterocycles. The van der Waals surface area contributed by atoms with E-state index in [-0.39, 0.29) is 29.0 Å². The molecule has 4 rings (SSSR count). The lowest BCUT2D eigenvalue weighted by molar-refractivity contribution is -0.133. The highest BCUT2D eigenvalue weighted by atomic mass is 35.5. The predicted molar refractivity (Wildman–Crippen MR) is 111 cm³/mol. The summed E-state index contributed by atoms with van der Waals surface area (Å²) in [5.41, 5.74) is 1.43. The minimum absolute atomic E-state index is 0.00811. The Bertz CT molecular complexity index is 1120. The molecule has 0 aromatic heterocycles. The van der Waals surface area contributed by atoms with Gasteiger partial charge >= 0.3 is 5.97 Å². The van der Waals surface area contributed by atoms with Crippen LogP contribution in [0.2, 0.25) is 5.02 Å². The summed E-state index contributed by atoms with van der Waals surface area (Å²) < 4.78 is 10.6. The Balaban J connectivity index is 1.60. The first-order valence-corrected chi connectivity index (χ1v) is 9.46. The first-order valence-electron chi connectivity index (χ1n) is 9.09. The minimum Gasteiger partial charge on any atom is -0.497 e. The standard InChI is InChI=1S/C23H16ClNO5/c1-29-16-9-6-14(7-10-16)12-21(26)30-20-11-8-15(24)13-19(20)25-22(27)17-4-2-3-5-18(17)23(25)28/h2-11,13H,12H2,1H3. The molecular weight excluding hydrogens is 406 g/mol. The third-order valence-electron chi connectivity index (χ3n) is 4.69. The second-order valence-corrected chi connectivity index (χ2v) is 7.04. The van der Waals surface area contributed by atoms with Gasteiger partial charge in [-0.2, -0.15) is 0 Å². The molecule has 30 heavy (non-hydrogen) atoms. The Morgan fingerprint density at radius 2 is 1.57 bits per heavy atom. The van der Waals surface area contributed by atoms with Crippen molar-refractivity contribution >= 4 is 35.1 Å². The molecule has 0 unspecified atom stereocenters. The van der Waals surface area contributed by atoms with E-state index in [1.807, 2.05) is 0 Å². The minimum atomic E-state index is -0.541. The van der Waals surface area contributed by atoms with E-state index in [0.717, 1.165) is 10.5 Å². The van der Waals surface area contributed by atoms with Crippen LogP contribution in [0.15, 0.2) is 66.7 Å². The molecule has 2 amide bonds. The van der Waals surface area contributed by atoms with Crippen LogP contribution in [0.3, 0.4) is 0 Å². The van der Waals surface area contributed by atoms with Gasteiger partial charge in [0.25, 0.3) is 11.8 Å². The molecule has 0 radical (unpaired) electrons. The molecule has 0 spiro atoms. The normalized spacial score (nSPS) is 12.7. The largest absolute Gasteiger partial charge is 0.497 e. The molecule has 0 saturated carbocycles. The maximum absolute atomic E-state index is 12.8. The number of imide groups is 1. The lowest BCUT2D eigenvalue weighted by Gasteiger charge is -2.18. The molecule has 1 heterocycles. The van der Waals surface area contributed by atoms with E-state index in [1.165, 1.54) is 18.2 Å². The Morgan fingerprint density at radius 1 is 0.933 bits per heavy atom. The van der Waals surface area contributed by atoms with Gasteiger partial charge in [-0.25, -0.2) is 4.90 Å². The first-order chi connectivity index (χ1) is 14.5. The second kappa shape index (κ2) is 8.00. The summed E-state index contributed by atoms with van der Waals surface area (Å²) in [5.74, 6) is -0.777. The van der Waals surface area contributed by atoms with Crippen LogP contribution in [0.25, 0.3) is 0 Å². The third-order valence-corrected chi connectivity index (χ3v) is 4.92. The number of benzene rings is 3. The first kappa shape index (κ1) is 19.7. The quantitative estimate of drug-likeness (QED) is 0.349. The van der Waals surface area contributed by atoms with Gasteiger partial charge in [-0.05, 0) is 48.0 Å². The molecule has 0 N–H and O–H groups in total. The van der Waals surface area contributed by atoms with Crippen molar-refractivity contribution in [2.24, 2.45) is 0 Å². The number of fused-ring (bicyclic) bond motifs is 1. The van der Waals surface area contributed by atoms with Gasteiger partial charge in [-0.3, -0.25) is 14.4 Å². The number of ether oxygens (including phenoxy) is 2. The summed E-state index contributed by atoms with van der Waals surface area (Å²) in [4.78, 5) is 39.1. The van der Waals surface area contributed by atoms with Crippen LogP contribution >= 0.6 is 11.6 Å². The average molecular weight is 422 g/mol. The molecule has 0 atom stereocenters. The molecule has 0 saturated heterocycles. The molecule has 0 aliphatic carbocycles. The van der Waals surface area contributed by atoms with Gasteiger partial charge in [0.15, 0.2) is 5.75 Å². The number of rotatable bonds is 5. The number of halogens is 1. The van der Waals surface area contributed by atoms with Crippen molar-refractivity contribution in [2.75, 3.05) is 12.0 Å². The van der Waals surface area contributed by atoms with E-state index >= 15 is 0 Å². The summed E-state index contributed by atoms with van der Waals surface area (Å²) in [6.45, 7) is 0. The third kappa shape index (κ3) is 3.65. The zero-order chi connectivity index (χ0) is 21.3. The highest BCUT2D eigenvalue weighted by molar-refractivity contribution is 6.36. The summed E-state index contributed by atoms with van der Waals surface area (Å²) in [6, 6.07) is 17.9. The zero-order valence-electron chi connectivity index (χ0n) is 15.9. The number of carbonyl (C=O) groups is 3. The lowest BCUT2D eigenvalue weighted by atomic mass is 10.1. The van der Waals surface area contributed by atoms with Gasteiger partial charge in [-0.1, -0.05) is 35.9 Å². The van der Waals surface area contributed by atoms with Gasteiger partial charge in [0.1, 0.15) is 5.75 Å². The SMILES string of the molecule is COc1ccc(CC(=O)Oc2ccc(Cl)cc2N2C(=O)c3ccccc3C2=O)cc1. The monoisotopic (exact) mass is 421 g/mol. The number of anilines is 1. The number of esters is 1. The molecule has 0 fully saturated rings. The van der Waals surface area contributed by atoms with Crippen LogP contribution in [0, 0.1) is 0 Å². The highest BCUT2D eigenvalue weighted by Gasteiger charge is 2.38. The summed E-state index contributed by atoms with van der Waals surface area (Å²) in [5, 5.41) is 0.302. The van der Waals surface area contributed by atoms with Crippen molar-refractivity contribution < 1.29 is 23.9 Å². The van der Waals surface area contributed by atoms with Crippen molar-refractivity contribution in [1.29, 1.82) is 0 Å². The molecule has 150 valence electrons. The zero-order valence-corrected chi connectivity index (χ0v) is 16.7. The van der Waals surface area contributed by atoms with Crippen molar-refractivity contribution in [3.8, 4) is 11.5 Å². The van der Waals surface area contributed by atoms with Crippen LogP contribution in [-0.4, -0.2) is 24.9 Å². The topological polar surface area (TPSA) is 72.9 Å². The molecule has 3 aromatic carbocycles. The molecule has 3 aromatic rings. The van der Waals surface area contributed by atoms with E-state index in [2.05, 4.69) is 0 Å². The van der Waals surface area contributed by atoms with E-state index in [9.17, 15) is 14.4 Å². The average Bonchev–Trinajstić information content (AvgIpc) is 3.00. The van der Waals surface area contributed by atoms with Crippen molar-refractivity contribution in [3.05, 3.63) is 88.4 Å². The van der Waals surface area contributed by atoms with Crippen LogP contribution in [0.1, 0.15) is 26.3 Å². The Kier molecular flexibility index (Phi) is 5.25. The smallest absolute Gasteiger partial charge is 0.315 e. The molecule has 0 bridgehead atoms. The van der Waals surface area contributed by atoms with E-state index in [1.54, 1.807) is 55.6 Å². The predicted octanol–water partition coefficient (Wildman–Crippen LogP) is 4.30. The van der Waals surface area contributed by atoms with E-state index in [0.29, 0.717) is 10.8 Å². The number of hydrogen-bond donors (Lipinski definition) is 0. The molecule has 6 nitrogen and oxygen atoms in total. The fourth-order valence-electron chi connectivity index (χ4n) is 3.23. The van der Waals surface area contributed by atoms with Crippen LogP contribution in [0.4, 0.5) is 5.69 Å². The van der Waals surface area contributed by atoms with Gasteiger partial charge in [0.2, 0.25) is 0 Å². The van der Waals surface area contributed by atoms with Crippen molar-refractivity contribution in [2.45, 2.75) is 6.42 Å². The Morgan fingerprint density at radius 3 is 2.17 bits per heavy atom. The van der Waals surface area contributed by atoms with Crippen LogP contribution < -0.4 is 14.4 Å². The molecular formula is C23H16ClNO5.